The molecule has 1 aliphatic carbocycles. The molecule has 0 saturated heterocycles. The number of imidazole rings is 1. The van der Waals surface area contributed by atoms with Crippen LogP contribution in [0.25, 0.3) is 11.0 Å². The lowest BCUT2D eigenvalue weighted by molar-refractivity contribution is -0.119. The summed E-state index contributed by atoms with van der Waals surface area (Å²) in [6, 6.07) is 14.0. The van der Waals surface area contributed by atoms with Crippen molar-refractivity contribution in [2.75, 3.05) is 5.32 Å². The third-order valence-electron chi connectivity index (χ3n) is 4.13. The number of carbonyl (C=O) groups is 1. The van der Waals surface area contributed by atoms with Crippen molar-refractivity contribution >= 4 is 22.6 Å². The number of carbonyl (C=O) groups excluding carboxylic acids is 1. The van der Waals surface area contributed by atoms with E-state index < -0.39 is 0 Å². The molecule has 104 valence electrons. The Morgan fingerprint density at radius 3 is 2.62 bits per heavy atom. The molecule has 4 nitrogen and oxygen atoms in total. The van der Waals surface area contributed by atoms with Crippen molar-refractivity contribution in [2.24, 2.45) is 5.92 Å². The van der Waals surface area contributed by atoms with Crippen LogP contribution in [-0.2, 0) is 17.6 Å². The maximum absolute atomic E-state index is 12.5. The summed E-state index contributed by atoms with van der Waals surface area (Å²) >= 11 is 0. The van der Waals surface area contributed by atoms with Gasteiger partial charge in [-0.1, -0.05) is 30.3 Å². The Morgan fingerprint density at radius 1 is 1.10 bits per heavy atom. The van der Waals surface area contributed by atoms with E-state index in [0.29, 0.717) is 0 Å². The summed E-state index contributed by atoms with van der Waals surface area (Å²) in [7, 11) is 0. The Hall–Kier alpha value is -2.62. The molecule has 0 spiro atoms. The number of aromatic amines is 1. The Kier molecular flexibility index (Phi) is 2.74. The first-order chi connectivity index (χ1) is 10.3. The van der Waals surface area contributed by atoms with Gasteiger partial charge in [-0.2, -0.15) is 0 Å². The Labute approximate surface area is 122 Å². The lowest BCUT2D eigenvalue weighted by Crippen LogP contribution is -2.23. The normalized spacial score (nSPS) is 14.3. The number of anilines is 1. The molecule has 0 unspecified atom stereocenters. The van der Waals surface area contributed by atoms with Gasteiger partial charge >= 0.3 is 0 Å². The van der Waals surface area contributed by atoms with E-state index in [0.717, 1.165) is 29.6 Å². The van der Waals surface area contributed by atoms with Crippen LogP contribution in [0, 0.1) is 5.92 Å². The second kappa shape index (κ2) is 4.74. The number of para-hydroxylation sites is 1. The standard InChI is InChI=1S/C17H15N3O/c21-17(13-8-11-4-1-2-5-12(11)9-13)20-15-7-3-6-14-16(15)19-10-18-14/h1-7,10,13H,8-9H2,(H,18,19)(H,20,21). The number of aromatic nitrogens is 2. The van der Waals surface area contributed by atoms with Gasteiger partial charge in [0, 0.05) is 5.92 Å². The number of H-pyrrole nitrogens is 1. The van der Waals surface area contributed by atoms with Crippen LogP contribution < -0.4 is 5.32 Å². The Bertz CT molecular complexity index is 797. The van der Waals surface area contributed by atoms with Crippen LogP contribution in [0.2, 0.25) is 0 Å². The molecule has 2 N–H and O–H groups in total. The smallest absolute Gasteiger partial charge is 0.228 e. The molecule has 0 fully saturated rings. The van der Waals surface area contributed by atoms with E-state index >= 15 is 0 Å². The van der Waals surface area contributed by atoms with Crippen LogP contribution in [0.3, 0.4) is 0 Å². The molecule has 4 rings (SSSR count). The van der Waals surface area contributed by atoms with Gasteiger partial charge in [-0.15, -0.1) is 0 Å². The van der Waals surface area contributed by atoms with Crippen LogP contribution >= 0.6 is 0 Å². The van der Waals surface area contributed by atoms with E-state index in [2.05, 4.69) is 27.4 Å². The van der Waals surface area contributed by atoms with E-state index in [4.69, 9.17) is 0 Å². The highest BCUT2D eigenvalue weighted by molar-refractivity contribution is 6.00. The highest BCUT2D eigenvalue weighted by Gasteiger charge is 2.27. The number of amides is 1. The minimum atomic E-state index is 0.0107. The van der Waals surface area contributed by atoms with Crippen LogP contribution in [0.5, 0.6) is 0 Å². The molecule has 1 heterocycles. The molecule has 21 heavy (non-hydrogen) atoms. The van der Waals surface area contributed by atoms with Crippen LogP contribution in [0.4, 0.5) is 5.69 Å². The predicted octanol–water partition coefficient (Wildman–Crippen LogP) is 2.92. The van der Waals surface area contributed by atoms with E-state index in [9.17, 15) is 4.79 Å². The highest BCUT2D eigenvalue weighted by Crippen LogP contribution is 2.28. The van der Waals surface area contributed by atoms with Crippen molar-refractivity contribution in [2.45, 2.75) is 12.8 Å². The Morgan fingerprint density at radius 2 is 1.86 bits per heavy atom. The number of fused-ring (bicyclic) bond motifs is 2. The molecule has 4 heteroatoms. The summed E-state index contributed by atoms with van der Waals surface area (Å²) in [6.07, 6.45) is 3.28. The lowest BCUT2D eigenvalue weighted by atomic mass is 10.1. The van der Waals surface area contributed by atoms with Gasteiger partial charge in [0.1, 0.15) is 5.52 Å². The predicted molar refractivity (Wildman–Crippen MR) is 82.1 cm³/mol. The van der Waals surface area contributed by atoms with Gasteiger partial charge in [0.2, 0.25) is 5.91 Å². The maximum Gasteiger partial charge on any atom is 0.228 e. The van der Waals surface area contributed by atoms with Crippen molar-refractivity contribution in [3.05, 3.63) is 59.9 Å². The first kappa shape index (κ1) is 12.1. The number of hydrogen-bond donors (Lipinski definition) is 2. The number of hydrogen-bond acceptors (Lipinski definition) is 2. The minimum absolute atomic E-state index is 0.0107. The first-order valence-electron chi connectivity index (χ1n) is 7.11. The maximum atomic E-state index is 12.5. The number of rotatable bonds is 2. The molecule has 1 aliphatic rings. The number of nitrogens with zero attached hydrogens (tertiary/aromatic N) is 1. The fraction of sp³-hybridized carbons (Fsp3) is 0.176. The monoisotopic (exact) mass is 277 g/mol. The van der Waals surface area contributed by atoms with Gasteiger partial charge in [-0.05, 0) is 36.1 Å². The van der Waals surface area contributed by atoms with Crippen molar-refractivity contribution in [1.82, 2.24) is 9.97 Å². The van der Waals surface area contributed by atoms with E-state index in [1.807, 2.05) is 30.3 Å². The topological polar surface area (TPSA) is 57.8 Å². The summed E-state index contributed by atoms with van der Waals surface area (Å²) in [4.78, 5) is 19.8. The molecule has 0 radical (unpaired) electrons. The van der Waals surface area contributed by atoms with Crippen LogP contribution in [-0.4, -0.2) is 15.9 Å². The van der Waals surface area contributed by atoms with E-state index in [-0.39, 0.29) is 11.8 Å². The van der Waals surface area contributed by atoms with E-state index in [1.165, 1.54) is 11.1 Å². The fourth-order valence-corrected chi connectivity index (χ4v) is 3.05. The molecule has 1 aromatic heterocycles. The molecule has 3 aromatic rings. The van der Waals surface area contributed by atoms with Gasteiger partial charge in [0.25, 0.3) is 0 Å². The average Bonchev–Trinajstić information content (AvgIpc) is 3.14. The zero-order valence-corrected chi connectivity index (χ0v) is 11.5. The second-order valence-corrected chi connectivity index (χ2v) is 5.47. The highest BCUT2D eigenvalue weighted by atomic mass is 16.1. The van der Waals surface area contributed by atoms with Gasteiger partial charge < -0.3 is 10.3 Å². The molecule has 0 atom stereocenters. The SMILES string of the molecule is O=C(Nc1cccc2[nH]cnc12)C1Cc2ccccc2C1. The van der Waals surface area contributed by atoms with Gasteiger partial charge in [-0.25, -0.2) is 4.98 Å². The third-order valence-corrected chi connectivity index (χ3v) is 4.13. The quantitative estimate of drug-likeness (QED) is 0.756. The molecular formula is C17H15N3O. The molecule has 0 aliphatic heterocycles. The fourth-order valence-electron chi connectivity index (χ4n) is 3.05. The van der Waals surface area contributed by atoms with Crippen LogP contribution in [0.1, 0.15) is 11.1 Å². The summed E-state index contributed by atoms with van der Waals surface area (Å²) in [5.74, 6) is 0.0818. The summed E-state index contributed by atoms with van der Waals surface area (Å²) in [5, 5.41) is 3.03. The molecular weight excluding hydrogens is 262 g/mol. The number of benzene rings is 2. The third kappa shape index (κ3) is 2.09. The van der Waals surface area contributed by atoms with Crippen LogP contribution in [0.15, 0.2) is 48.8 Å². The van der Waals surface area contributed by atoms with Crippen molar-refractivity contribution < 1.29 is 4.79 Å². The minimum Gasteiger partial charge on any atom is -0.345 e. The second-order valence-electron chi connectivity index (χ2n) is 5.47. The molecule has 1 amide bonds. The summed E-state index contributed by atoms with van der Waals surface area (Å²) in [6.45, 7) is 0. The van der Waals surface area contributed by atoms with Crippen molar-refractivity contribution in [3.63, 3.8) is 0 Å². The summed E-state index contributed by atoms with van der Waals surface area (Å²) < 4.78 is 0. The van der Waals surface area contributed by atoms with Crippen molar-refractivity contribution in [1.29, 1.82) is 0 Å². The zero-order chi connectivity index (χ0) is 14.2. The molecule has 2 aromatic carbocycles. The van der Waals surface area contributed by atoms with Crippen molar-refractivity contribution in [3.8, 4) is 0 Å². The first-order valence-corrected chi connectivity index (χ1v) is 7.11. The molecule has 0 saturated carbocycles. The van der Waals surface area contributed by atoms with Gasteiger partial charge in [0.15, 0.2) is 0 Å². The largest absolute Gasteiger partial charge is 0.345 e. The van der Waals surface area contributed by atoms with E-state index in [1.54, 1.807) is 6.33 Å². The van der Waals surface area contributed by atoms with Gasteiger partial charge in [0.05, 0.1) is 17.5 Å². The van der Waals surface area contributed by atoms with Gasteiger partial charge in [-0.3, -0.25) is 4.79 Å². The lowest BCUT2D eigenvalue weighted by Gasteiger charge is -2.10. The number of nitrogens with one attached hydrogen (secondary N) is 2. The summed E-state index contributed by atoms with van der Waals surface area (Å²) in [5.41, 5.74) is 5.09. The average molecular weight is 277 g/mol. The zero-order valence-electron chi connectivity index (χ0n) is 11.5. The Balaban J connectivity index is 1.56. The molecule has 0 bridgehead atoms.